The van der Waals surface area contributed by atoms with Crippen LogP contribution >= 0.6 is 0 Å². The summed E-state index contributed by atoms with van der Waals surface area (Å²) >= 11 is 0. The first kappa shape index (κ1) is 22.7. The van der Waals surface area contributed by atoms with E-state index in [-0.39, 0.29) is 0 Å². The molecule has 1 unspecified atom stereocenters. The maximum absolute atomic E-state index is 11.8. The second-order valence-corrected chi connectivity index (χ2v) is 9.87. The summed E-state index contributed by atoms with van der Waals surface area (Å²) in [6.45, 7) is 0. The number of unbranched alkanes of at least 4 members (excludes halogenated alkanes) is 2. The molecule has 0 fully saturated rings. The number of benzene rings is 3. The Morgan fingerprint density at radius 3 is 2.67 bits per heavy atom. The van der Waals surface area contributed by atoms with Crippen molar-refractivity contribution in [2.75, 3.05) is 18.1 Å². The zero-order valence-corrected chi connectivity index (χ0v) is 19.5. The van der Waals surface area contributed by atoms with E-state index in [0.717, 1.165) is 53.5 Å². The van der Waals surface area contributed by atoms with E-state index >= 15 is 0 Å². The largest absolute Gasteiger partial charge is 0.496 e. The molecule has 1 aliphatic heterocycles. The number of methoxy groups -OCH3 is 1. The van der Waals surface area contributed by atoms with Gasteiger partial charge in [-0.3, -0.25) is 4.72 Å². The van der Waals surface area contributed by atoms with Crippen LogP contribution in [0.15, 0.2) is 60.7 Å². The molecule has 3 aromatic carbocycles. The highest BCUT2D eigenvalue weighted by molar-refractivity contribution is 7.92. The minimum atomic E-state index is -3.42. The molecule has 0 saturated heterocycles. The van der Waals surface area contributed by atoms with Gasteiger partial charge in [-0.25, -0.2) is 8.42 Å². The molecule has 6 nitrogen and oxygen atoms in total. The molecular formula is C26H26N2O4S. The number of hydrogen-bond acceptors (Lipinski definition) is 5. The number of aryl methyl sites for hydroxylation is 1. The van der Waals surface area contributed by atoms with Gasteiger partial charge in [0.05, 0.1) is 25.0 Å². The average molecular weight is 463 g/mol. The lowest BCUT2D eigenvalue weighted by Gasteiger charge is -2.30. The molecular weight excluding hydrogens is 436 g/mol. The van der Waals surface area contributed by atoms with Gasteiger partial charge in [-0.2, -0.15) is 5.26 Å². The van der Waals surface area contributed by atoms with Crippen molar-refractivity contribution in [3.63, 3.8) is 0 Å². The molecule has 1 aliphatic rings. The molecule has 0 aliphatic carbocycles. The fraction of sp³-hybridized carbons (Fsp3) is 0.269. The molecule has 0 amide bonds. The van der Waals surface area contributed by atoms with Crippen LogP contribution in [0, 0.1) is 11.3 Å². The van der Waals surface area contributed by atoms with E-state index in [1.807, 2.05) is 42.5 Å². The number of nitriles is 1. The fourth-order valence-electron chi connectivity index (χ4n) is 4.21. The fourth-order valence-corrected chi connectivity index (χ4v) is 4.77. The maximum Gasteiger partial charge on any atom is 0.229 e. The van der Waals surface area contributed by atoms with Gasteiger partial charge in [0.25, 0.3) is 0 Å². The summed E-state index contributed by atoms with van der Waals surface area (Å²) in [6.07, 6.45) is 4.00. The van der Waals surface area contributed by atoms with Crippen molar-refractivity contribution in [2.45, 2.75) is 31.8 Å². The van der Waals surface area contributed by atoms with Gasteiger partial charge in [-0.05, 0) is 60.2 Å². The average Bonchev–Trinajstić information content (AvgIpc) is 2.80. The number of anilines is 1. The standard InChI is InChI=1S/C26H26N2O4S/c1-31-23-11-7-12-24-25(23)21-14-13-20(28-33(2,29)30)17-22(21)26(32-24)19-10-6-9-18(16-19)8-4-3-5-15-27/h6-7,9-14,16-17,26,28H,3-5,8H2,1-2H3. The highest BCUT2D eigenvalue weighted by Gasteiger charge is 2.30. The molecule has 0 bridgehead atoms. The first-order valence-electron chi connectivity index (χ1n) is 10.8. The third kappa shape index (κ3) is 5.12. The van der Waals surface area contributed by atoms with Crippen LogP contribution in [0.4, 0.5) is 5.69 Å². The molecule has 1 heterocycles. The van der Waals surface area contributed by atoms with Crippen molar-refractivity contribution < 1.29 is 17.9 Å². The van der Waals surface area contributed by atoms with Gasteiger partial charge in [0.15, 0.2) is 0 Å². The van der Waals surface area contributed by atoms with Crippen LogP contribution in [0.5, 0.6) is 11.5 Å². The minimum absolute atomic E-state index is 0.403. The van der Waals surface area contributed by atoms with E-state index in [0.29, 0.717) is 17.9 Å². The number of fused-ring (bicyclic) bond motifs is 3. The Labute approximate surface area is 194 Å². The lowest BCUT2D eigenvalue weighted by molar-refractivity contribution is 0.242. The van der Waals surface area contributed by atoms with Crippen LogP contribution in [-0.4, -0.2) is 21.8 Å². The van der Waals surface area contributed by atoms with Crippen molar-refractivity contribution in [2.24, 2.45) is 0 Å². The Hall–Kier alpha value is -3.50. The van der Waals surface area contributed by atoms with Crippen molar-refractivity contribution in [1.82, 2.24) is 0 Å². The number of nitrogens with one attached hydrogen (secondary N) is 1. The Morgan fingerprint density at radius 2 is 1.91 bits per heavy atom. The number of rotatable bonds is 8. The van der Waals surface area contributed by atoms with E-state index in [2.05, 4.69) is 22.9 Å². The Morgan fingerprint density at radius 1 is 1.09 bits per heavy atom. The highest BCUT2D eigenvalue weighted by atomic mass is 32.2. The van der Waals surface area contributed by atoms with Gasteiger partial charge in [-0.15, -0.1) is 0 Å². The minimum Gasteiger partial charge on any atom is -0.496 e. The molecule has 1 N–H and O–H groups in total. The molecule has 0 saturated carbocycles. The molecule has 0 spiro atoms. The third-order valence-corrected chi connectivity index (χ3v) is 6.22. The number of hydrogen-bond donors (Lipinski definition) is 1. The van der Waals surface area contributed by atoms with E-state index in [1.54, 1.807) is 13.2 Å². The first-order chi connectivity index (χ1) is 15.9. The maximum atomic E-state index is 11.8. The van der Waals surface area contributed by atoms with Gasteiger partial charge in [0, 0.05) is 17.7 Å². The van der Waals surface area contributed by atoms with Crippen LogP contribution in [0.2, 0.25) is 0 Å². The molecule has 0 aromatic heterocycles. The smallest absolute Gasteiger partial charge is 0.229 e. The van der Waals surface area contributed by atoms with Gasteiger partial charge in [0.2, 0.25) is 10.0 Å². The van der Waals surface area contributed by atoms with Gasteiger partial charge in [-0.1, -0.05) is 36.4 Å². The molecule has 7 heteroatoms. The van der Waals surface area contributed by atoms with Gasteiger partial charge in [0.1, 0.15) is 17.6 Å². The van der Waals surface area contributed by atoms with E-state index < -0.39 is 16.1 Å². The topological polar surface area (TPSA) is 88.4 Å². The first-order valence-corrected chi connectivity index (χ1v) is 12.7. The summed E-state index contributed by atoms with van der Waals surface area (Å²) in [4.78, 5) is 0. The molecule has 3 aromatic rings. The molecule has 33 heavy (non-hydrogen) atoms. The summed E-state index contributed by atoms with van der Waals surface area (Å²) in [7, 11) is -1.80. The predicted molar refractivity (Wildman–Crippen MR) is 129 cm³/mol. The number of ether oxygens (including phenoxy) is 2. The third-order valence-electron chi connectivity index (χ3n) is 5.62. The Kier molecular flexibility index (Phi) is 6.57. The molecule has 170 valence electrons. The van der Waals surface area contributed by atoms with Crippen LogP contribution in [0.25, 0.3) is 11.1 Å². The summed E-state index contributed by atoms with van der Waals surface area (Å²) < 4.78 is 38.3. The number of nitrogens with zero attached hydrogens (tertiary/aromatic N) is 1. The van der Waals surface area contributed by atoms with Crippen LogP contribution < -0.4 is 14.2 Å². The quantitative estimate of drug-likeness (QED) is 0.450. The van der Waals surface area contributed by atoms with E-state index in [9.17, 15) is 8.42 Å². The Balaban J connectivity index is 1.77. The van der Waals surface area contributed by atoms with Crippen molar-refractivity contribution in [1.29, 1.82) is 5.26 Å². The zero-order chi connectivity index (χ0) is 23.4. The SMILES string of the molecule is COc1cccc2c1-c1ccc(NS(C)(=O)=O)cc1C(c1cccc(CCCCC#N)c1)O2. The lowest BCUT2D eigenvalue weighted by Crippen LogP contribution is -2.17. The lowest BCUT2D eigenvalue weighted by atomic mass is 9.88. The second kappa shape index (κ2) is 9.55. The summed E-state index contributed by atoms with van der Waals surface area (Å²) in [5.74, 6) is 1.41. The van der Waals surface area contributed by atoms with Crippen LogP contribution in [-0.2, 0) is 16.4 Å². The second-order valence-electron chi connectivity index (χ2n) is 8.12. The highest BCUT2D eigenvalue weighted by Crippen LogP contribution is 2.49. The summed E-state index contributed by atoms with van der Waals surface area (Å²) in [6, 6.07) is 21.6. The molecule has 4 rings (SSSR count). The summed E-state index contributed by atoms with van der Waals surface area (Å²) in [5, 5.41) is 8.76. The zero-order valence-electron chi connectivity index (χ0n) is 18.7. The van der Waals surface area contributed by atoms with E-state index in [4.69, 9.17) is 14.7 Å². The molecule has 1 atom stereocenters. The number of sulfonamides is 1. The van der Waals surface area contributed by atoms with Crippen molar-refractivity contribution in [3.05, 3.63) is 77.4 Å². The van der Waals surface area contributed by atoms with E-state index in [1.165, 1.54) is 5.56 Å². The van der Waals surface area contributed by atoms with Gasteiger partial charge >= 0.3 is 0 Å². The predicted octanol–water partition coefficient (Wildman–Crippen LogP) is 5.45. The normalized spacial score (nSPS) is 14.4. The van der Waals surface area contributed by atoms with Gasteiger partial charge < -0.3 is 9.47 Å². The van der Waals surface area contributed by atoms with Crippen LogP contribution in [0.3, 0.4) is 0 Å². The Bertz CT molecular complexity index is 1310. The van der Waals surface area contributed by atoms with Crippen LogP contribution in [0.1, 0.15) is 42.1 Å². The molecule has 0 radical (unpaired) electrons. The monoisotopic (exact) mass is 462 g/mol. The summed E-state index contributed by atoms with van der Waals surface area (Å²) in [5.41, 5.74) is 5.30. The van der Waals surface area contributed by atoms with Crippen molar-refractivity contribution >= 4 is 15.7 Å². The van der Waals surface area contributed by atoms with Crippen molar-refractivity contribution in [3.8, 4) is 28.7 Å².